The van der Waals surface area contributed by atoms with Crippen molar-refractivity contribution < 1.29 is 29.3 Å². The fraction of sp³-hybridized carbons (Fsp3) is 0.615. The third kappa shape index (κ3) is 2.53. The van der Waals surface area contributed by atoms with Gasteiger partial charge < -0.3 is 14.9 Å². The summed E-state index contributed by atoms with van der Waals surface area (Å²) in [6.07, 6.45) is -0.467. The van der Waals surface area contributed by atoms with Gasteiger partial charge in [-0.2, -0.15) is 0 Å². The van der Waals surface area contributed by atoms with E-state index in [9.17, 15) is 24.6 Å². The Morgan fingerprint density at radius 1 is 1.37 bits per heavy atom. The van der Waals surface area contributed by atoms with Crippen LogP contribution in [0.1, 0.15) is 26.2 Å². The predicted octanol–water partition coefficient (Wildman–Crippen LogP) is 0.291. The molecule has 0 bridgehead atoms. The Kier molecular flexibility index (Phi) is 3.71. The van der Waals surface area contributed by atoms with Crippen molar-refractivity contribution in [1.29, 1.82) is 0 Å². The number of aliphatic hydroxyl groups excluding tert-OH is 2. The second-order valence-corrected chi connectivity index (χ2v) is 4.83. The molecule has 0 radical (unpaired) electrons. The standard InChI is InChI=1S/C13H16O6/c1-2-19-13(18)7-5-8(14)9(12(17)11(7)16)10(15)6-3-4-6/h6-7,11,15-16H,2-5H2,1H3/b10-9+. The van der Waals surface area contributed by atoms with Crippen LogP contribution in [0.3, 0.4) is 0 Å². The molecule has 0 heterocycles. The van der Waals surface area contributed by atoms with Gasteiger partial charge >= 0.3 is 5.97 Å². The van der Waals surface area contributed by atoms with Crippen molar-refractivity contribution in [1.82, 2.24) is 0 Å². The molecule has 0 spiro atoms. The van der Waals surface area contributed by atoms with Gasteiger partial charge in [-0.3, -0.25) is 14.4 Å². The quantitative estimate of drug-likeness (QED) is 0.330. The van der Waals surface area contributed by atoms with Crippen molar-refractivity contribution in [2.24, 2.45) is 11.8 Å². The number of carbonyl (C=O) groups excluding carboxylic acids is 3. The van der Waals surface area contributed by atoms with E-state index in [1.165, 1.54) is 0 Å². The molecule has 2 saturated carbocycles. The SMILES string of the molecule is CCOC(=O)C1CC(=O)/C(=C(\O)C2CC2)C(=O)C1O. The lowest BCUT2D eigenvalue weighted by molar-refractivity contribution is -0.158. The normalized spacial score (nSPS) is 30.2. The van der Waals surface area contributed by atoms with Crippen molar-refractivity contribution in [3.05, 3.63) is 11.3 Å². The third-order valence-corrected chi connectivity index (χ3v) is 3.39. The van der Waals surface area contributed by atoms with Crippen LogP contribution in [0, 0.1) is 11.8 Å². The Hall–Kier alpha value is -1.69. The fourth-order valence-electron chi connectivity index (χ4n) is 2.17. The molecule has 19 heavy (non-hydrogen) atoms. The summed E-state index contributed by atoms with van der Waals surface area (Å²) in [5.74, 6) is -3.81. The number of rotatable bonds is 3. The first-order valence-corrected chi connectivity index (χ1v) is 6.32. The molecule has 104 valence electrons. The molecule has 2 aliphatic rings. The number of aliphatic hydroxyl groups is 2. The minimum absolute atomic E-state index is 0.112. The van der Waals surface area contributed by atoms with E-state index in [4.69, 9.17) is 4.74 Å². The van der Waals surface area contributed by atoms with Gasteiger partial charge in [-0.25, -0.2) is 0 Å². The second-order valence-electron chi connectivity index (χ2n) is 4.83. The molecule has 2 fully saturated rings. The van der Waals surface area contributed by atoms with E-state index in [1.54, 1.807) is 6.92 Å². The van der Waals surface area contributed by atoms with Crippen LogP contribution in [-0.2, 0) is 19.1 Å². The number of esters is 1. The minimum Gasteiger partial charge on any atom is -0.511 e. The van der Waals surface area contributed by atoms with Crippen molar-refractivity contribution in [2.75, 3.05) is 6.61 Å². The lowest BCUT2D eigenvalue weighted by Crippen LogP contribution is -2.44. The highest BCUT2D eigenvalue weighted by atomic mass is 16.5. The van der Waals surface area contributed by atoms with E-state index in [0.717, 1.165) is 12.8 Å². The molecule has 0 aromatic carbocycles. The smallest absolute Gasteiger partial charge is 0.312 e. The maximum atomic E-state index is 11.9. The zero-order valence-corrected chi connectivity index (χ0v) is 10.6. The summed E-state index contributed by atoms with van der Waals surface area (Å²) in [6.45, 7) is 1.71. The maximum Gasteiger partial charge on any atom is 0.312 e. The number of hydrogen-bond acceptors (Lipinski definition) is 6. The van der Waals surface area contributed by atoms with E-state index in [1.807, 2.05) is 0 Å². The van der Waals surface area contributed by atoms with Crippen LogP contribution >= 0.6 is 0 Å². The van der Waals surface area contributed by atoms with Gasteiger partial charge in [0.25, 0.3) is 0 Å². The highest BCUT2D eigenvalue weighted by Gasteiger charge is 2.46. The summed E-state index contributed by atoms with van der Waals surface area (Å²) < 4.78 is 4.72. The van der Waals surface area contributed by atoms with Gasteiger partial charge in [0.15, 0.2) is 11.6 Å². The molecule has 0 saturated heterocycles. The molecule has 2 unspecified atom stereocenters. The maximum absolute atomic E-state index is 11.9. The number of ketones is 2. The van der Waals surface area contributed by atoms with Crippen molar-refractivity contribution in [3.63, 3.8) is 0 Å². The fourth-order valence-corrected chi connectivity index (χ4v) is 2.17. The molecule has 2 rings (SSSR count). The van der Waals surface area contributed by atoms with Crippen molar-refractivity contribution in [3.8, 4) is 0 Å². The van der Waals surface area contributed by atoms with E-state index < -0.39 is 29.6 Å². The largest absolute Gasteiger partial charge is 0.511 e. The third-order valence-electron chi connectivity index (χ3n) is 3.39. The van der Waals surface area contributed by atoms with Gasteiger partial charge in [0.05, 0.1) is 12.5 Å². The molecule has 0 amide bonds. The zero-order valence-electron chi connectivity index (χ0n) is 10.6. The summed E-state index contributed by atoms with van der Waals surface area (Å²) in [6, 6.07) is 0. The second kappa shape index (κ2) is 5.13. The van der Waals surface area contributed by atoms with Crippen LogP contribution in [0.15, 0.2) is 11.3 Å². The highest BCUT2D eigenvalue weighted by molar-refractivity contribution is 6.25. The molecule has 2 aliphatic carbocycles. The average molecular weight is 268 g/mol. The summed E-state index contributed by atoms with van der Waals surface area (Å²) in [5, 5.41) is 19.6. The van der Waals surface area contributed by atoms with Gasteiger partial charge in [0, 0.05) is 12.3 Å². The summed E-state index contributed by atoms with van der Waals surface area (Å²) in [4.78, 5) is 35.4. The zero-order chi connectivity index (χ0) is 14.2. The molecular formula is C13H16O6. The predicted molar refractivity (Wildman–Crippen MR) is 63.1 cm³/mol. The molecule has 2 N–H and O–H groups in total. The monoisotopic (exact) mass is 268 g/mol. The van der Waals surface area contributed by atoms with Crippen LogP contribution in [0.2, 0.25) is 0 Å². The van der Waals surface area contributed by atoms with Crippen LogP contribution in [0.5, 0.6) is 0 Å². The Morgan fingerprint density at radius 3 is 2.53 bits per heavy atom. The first kappa shape index (κ1) is 13.7. The first-order chi connectivity index (χ1) is 8.97. The number of allylic oxidation sites excluding steroid dienone is 1. The Morgan fingerprint density at radius 2 is 2.00 bits per heavy atom. The summed E-state index contributed by atoms with van der Waals surface area (Å²) >= 11 is 0. The number of hydrogen-bond donors (Lipinski definition) is 2. The molecular weight excluding hydrogens is 252 g/mol. The van der Waals surface area contributed by atoms with Gasteiger partial charge in [0.2, 0.25) is 0 Å². The van der Waals surface area contributed by atoms with Crippen LogP contribution in [0.25, 0.3) is 0 Å². The Labute approximate surface area is 110 Å². The Balaban J connectivity index is 2.23. The Bertz CT molecular complexity index is 460. The topological polar surface area (TPSA) is 101 Å². The molecule has 6 heteroatoms. The van der Waals surface area contributed by atoms with Crippen LogP contribution in [-0.4, -0.2) is 40.5 Å². The van der Waals surface area contributed by atoms with Crippen molar-refractivity contribution in [2.45, 2.75) is 32.3 Å². The molecule has 0 aromatic rings. The van der Waals surface area contributed by atoms with Gasteiger partial charge in [-0.1, -0.05) is 0 Å². The number of carbonyl (C=O) groups is 3. The van der Waals surface area contributed by atoms with E-state index in [-0.39, 0.29) is 30.3 Å². The number of ether oxygens (including phenoxy) is 1. The highest BCUT2D eigenvalue weighted by Crippen LogP contribution is 2.38. The van der Waals surface area contributed by atoms with E-state index >= 15 is 0 Å². The summed E-state index contributed by atoms with van der Waals surface area (Å²) in [7, 11) is 0. The minimum atomic E-state index is -1.62. The molecule has 6 nitrogen and oxygen atoms in total. The van der Waals surface area contributed by atoms with E-state index in [0.29, 0.717) is 0 Å². The average Bonchev–Trinajstić information content (AvgIpc) is 3.18. The van der Waals surface area contributed by atoms with Gasteiger partial charge in [0.1, 0.15) is 17.4 Å². The molecule has 0 aromatic heterocycles. The lowest BCUT2D eigenvalue weighted by atomic mass is 9.80. The number of Topliss-reactive ketones (excluding diaryl/α,β-unsaturated/α-hetero) is 2. The van der Waals surface area contributed by atoms with Gasteiger partial charge in [-0.15, -0.1) is 0 Å². The lowest BCUT2D eigenvalue weighted by Gasteiger charge is -2.26. The van der Waals surface area contributed by atoms with Crippen molar-refractivity contribution >= 4 is 17.5 Å². The van der Waals surface area contributed by atoms with Crippen LogP contribution in [0.4, 0.5) is 0 Å². The van der Waals surface area contributed by atoms with Crippen LogP contribution < -0.4 is 0 Å². The summed E-state index contributed by atoms with van der Waals surface area (Å²) in [5.41, 5.74) is -0.337. The first-order valence-electron chi connectivity index (χ1n) is 6.32. The van der Waals surface area contributed by atoms with Gasteiger partial charge in [-0.05, 0) is 19.8 Å². The van der Waals surface area contributed by atoms with E-state index in [2.05, 4.69) is 0 Å². The molecule has 2 atom stereocenters. The molecule has 0 aliphatic heterocycles.